The molecule has 3 aromatic rings. The zero-order valence-corrected chi connectivity index (χ0v) is 22.0. The van der Waals surface area contributed by atoms with Crippen LogP contribution in [0.1, 0.15) is 34.3 Å². The fourth-order valence-electron chi connectivity index (χ4n) is 4.92. The number of halogens is 1. The maximum atomic E-state index is 14.4. The third kappa shape index (κ3) is 4.23. The van der Waals surface area contributed by atoms with Crippen molar-refractivity contribution in [2.75, 3.05) is 18.1 Å². The number of pyridine rings is 1. The van der Waals surface area contributed by atoms with E-state index in [4.69, 9.17) is 16.2 Å². The first kappa shape index (κ1) is 26.5. The summed E-state index contributed by atoms with van der Waals surface area (Å²) >= 11 is 1.13. The Bertz CT molecular complexity index is 1700. The Balaban J connectivity index is 1.82. The van der Waals surface area contributed by atoms with Gasteiger partial charge in [0, 0.05) is 17.0 Å². The summed E-state index contributed by atoms with van der Waals surface area (Å²) in [5.41, 5.74) is 14.1. The van der Waals surface area contributed by atoms with Gasteiger partial charge < -0.3 is 16.2 Å². The van der Waals surface area contributed by atoms with E-state index in [1.54, 1.807) is 37.3 Å². The van der Waals surface area contributed by atoms with Gasteiger partial charge in [-0.3, -0.25) is 9.69 Å². The van der Waals surface area contributed by atoms with Crippen LogP contribution in [0, 0.1) is 28.5 Å². The van der Waals surface area contributed by atoms with Gasteiger partial charge in [-0.25, -0.2) is 14.2 Å². The highest BCUT2D eigenvalue weighted by Crippen LogP contribution is 2.47. The van der Waals surface area contributed by atoms with Gasteiger partial charge in [0.25, 0.3) is 5.91 Å². The molecule has 0 bridgehead atoms. The number of carbonyl (C=O) groups excluding carboxylic acids is 2. The topological polar surface area (TPSA) is 159 Å². The van der Waals surface area contributed by atoms with Gasteiger partial charge in [0.05, 0.1) is 35.3 Å². The van der Waals surface area contributed by atoms with E-state index >= 15 is 0 Å². The molecule has 1 atom stereocenters. The number of nitrogens with zero attached hydrogens (tertiary/aromatic N) is 4. The zero-order chi connectivity index (χ0) is 28.6. The van der Waals surface area contributed by atoms with Crippen molar-refractivity contribution in [1.29, 1.82) is 10.5 Å². The summed E-state index contributed by atoms with van der Waals surface area (Å²) < 4.78 is 19.2. The fourth-order valence-corrected chi connectivity index (χ4v) is 5.97. The van der Waals surface area contributed by atoms with Gasteiger partial charge in [0.2, 0.25) is 0 Å². The normalized spacial score (nSPS) is 16.4. The van der Waals surface area contributed by atoms with Crippen LogP contribution in [0.2, 0.25) is 0 Å². The molecule has 0 fully saturated rings. The van der Waals surface area contributed by atoms with E-state index in [0.29, 0.717) is 11.1 Å². The minimum atomic E-state index is -0.879. The van der Waals surface area contributed by atoms with Crippen LogP contribution < -0.4 is 11.5 Å². The number of thioether (sulfide) groups is 1. The third-order valence-electron chi connectivity index (χ3n) is 6.62. The quantitative estimate of drug-likeness (QED) is 0.452. The summed E-state index contributed by atoms with van der Waals surface area (Å²) in [7, 11) is 0. The van der Waals surface area contributed by atoms with E-state index in [2.05, 4.69) is 11.1 Å². The Morgan fingerprint density at radius 1 is 1.12 bits per heavy atom. The molecule has 40 heavy (non-hydrogen) atoms. The molecule has 0 saturated carbocycles. The summed E-state index contributed by atoms with van der Waals surface area (Å²) in [6.07, 6.45) is 0. The van der Waals surface area contributed by atoms with E-state index < -0.39 is 23.6 Å². The number of benzene rings is 2. The number of esters is 1. The summed E-state index contributed by atoms with van der Waals surface area (Å²) in [6, 6.07) is 18.2. The van der Waals surface area contributed by atoms with E-state index in [-0.39, 0.29) is 62.6 Å². The number of carbonyl (C=O) groups is 2. The number of ether oxygens (including phenoxy) is 1. The number of anilines is 1. The zero-order valence-electron chi connectivity index (χ0n) is 21.1. The molecule has 198 valence electrons. The predicted molar refractivity (Wildman–Crippen MR) is 145 cm³/mol. The Labute approximate surface area is 233 Å². The molecule has 1 amide bonds. The van der Waals surface area contributed by atoms with Crippen molar-refractivity contribution < 1.29 is 18.7 Å². The maximum absolute atomic E-state index is 14.4. The van der Waals surface area contributed by atoms with Crippen molar-refractivity contribution in [3.63, 3.8) is 0 Å². The average Bonchev–Trinajstić information content (AvgIpc) is 3.09. The van der Waals surface area contributed by atoms with E-state index in [1.807, 2.05) is 6.07 Å². The molecule has 2 aliphatic rings. The molecule has 1 aromatic heterocycles. The molecular formula is C29H21FN6O3S. The lowest BCUT2D eigenvalue weighted by atomic mass is 9.81. The predicted octanol–water partition coefficient (Wildman–Crippen LogP) is 4.20. The molecule has 2 aliphatic heterocycles. The highest BCUT2D eigenvalue weighted by atomic mass is 32.2. The van der Waals surface area contributed by atoms with E-state index in [9.17, 15) is 24.5 Å². The number of hydrogen-bond acceptors (Lipinski definition) is 9. The lowest BCUT2D eigenvalue weighted by Gasteiger charge is -2.35. The van der Waals surface area contributed by atoms with Crippen LogP contribution in [-0.2, 0) is 9.53 Å². The number of nitriles is 2. The number of aromatic nitrogens is 1. The van der Waals surface area contributed by atoms with Crippen molar-refractivity contribution >= 4 is 29.5 Å². The molecule has 0 spiro atoms. The third-order valence-corrected chi connectivity index (χ3v) is 7.61. The van der Waals surface area contributed by atoms with Gasteiger partial charge in [-0.15, -0.1) is 0 Å². The van der Waals surface area contributed by atoms with Gasteiger partial charge in [0.1, 0.15) is 34.1 Å². The molecule has 11 heteroatoms. The largest absolute Gasteiger partial charge is 0.463 e. The number of rotatable bonds is 4. The number of hydrogen-bond donors (Lipinski definition) is 2. The highest BCUT2D eigenvalue weighted by molar-refractivity contribution is 7.99. The van der Waals surface area contributed by atoms with Crippen LogP contribution in [0.25, 0.3) is 11.1 Å². The molecule has 9 nitrogen and oxygen atoms in total. The first-order valence-corrected chi connectivity index (χ1v) is 13.1. The van der Waals surface area contributed by atoms with Gasteiger partial charge >= 0.3 is 5.97 Å². The number of amides is 1. The first-order chi connectivity index (χ1) is 19.3. The number of fused-ring (bicyclic) bond motifs is 2. The molecular weight excluding hydrogens is 531 g/mol. The molecule has 4 N–H and O–H groups in total. The molecule has 1 unspecified atom stereocenters. The SMILES string of the molecule is CCOC(=O)C1=C2CSc3nc(N)c(C#N)c(-c4ccc(F)cc4)c3C(=O)N2C(N)=C(C#N)C1c1ccccc1. The van der Waals surface area contributed by atoms with Crippen LogP contribution in [0.3, 0.4) is 0 Å². The summed E-state index contributed by atoms with van der Waals surface area (Å²) in [4.78, 5) is 33.3. The molecule has 3 heterocycles. The fraction of sp³-hybridized carbons (Fsp3) is 0.138. The second kappa shape index (κ2) is 10.6. The van der Waals surface area contributed by atoms with Crippen molar-refractivity contribution in [2.45, 2.75) is 17.9 Å². The minimum absolute atomic E-state index is 0.000956. The van der Waals surface area contributed by atoms with Crippen molar-refractivity contribution in [1.82, 2.24) is 9.88 Å². The number of nitrogens with two attached hydrogens (primary N) is 2. The van der Waals surface area contributed by atoms with Gasteiger partial charge in [-0.2, -0.15) is 10.5 Å². The summed E-state index contributed by atoms with van der Waals surface area (Å²) in [6.45, 7) is 1.72. The van der Waals surface area contributed by atoms with Crippen LogP contribution in [0.4, 0.5) is 10.2 Å². The van der Waals surface area contributed by atoms with Crippen molar-refractivity contribution in [2.24, 2.45) is 5.73 Å². The Morgan fingerprint density at radius 3 is 2.45 bits per heavy atom. The molecule has 2 aromatic carbocycles. The maximum Gasteiger partial charge on any atom is 0.336 e. The van der Waals surface area contributed by atoms with E-state index in [0.717, 1.165) is 16.7 Å². The summed E-state index contributed by atoms with van der Waals surface area (Å²) in [5, 5.41) is 20.4. The Hall–Kier alpha value is -5.13. The second-order valence-electron chi connectivity index (χ2n) is 8.81. The second-order valence-corrected chi connectivity index (χ2v) is 9.77. The summed E-state index contributed by atoms with van der Waals surface area (Å²) in [5.74, 6) is -3.00. The molecule has 0 radical (unpaired) electrons. The molecule has 0 aliphatic carbocycles. The smallest absolute Gasteiger partial charge is 0.336 e. The lowest BCUT2D eigenvalue weighted by molar-refractivity contribution is -0.138. The lowest BCUT2D eigenvalue weighted by Crippen LogP contribution is -2.41. The van der Waals surface area contributed by atoms with Gasteiger partial charge in [-0.1, -0.05) is 54.2 Å². The highest BCUT2D eigenvalue weighted by Gasteiger charge is 2.44. The van der Waals surface area contributed by atoms with Crippen LogP contribution in [0.5, 0.6) is 0 Å². The van der Waals surface area contributed by atoms with Crippen LogP contribution in [0.15, 0.2) is 82.3 Å². The number of allylic oxidation sites excluding steroid dienone is 1. The average molecular weight is 553 g/mol. The van der Waals surface area contributed by atoms with Crippen molar-refractivity contribution in [3.8, 4) is 23.3 Å². The van der Waals surface area contributed by atoms with Crippen LogP contribution in [-0.4, -0.2) is 34.1 Å². The minimum Gasteiger partial charge on any atom is -0.463 e. The number of nitrogen functional groups attached to an aromatic ring is 1. The Kier molecular flexibility index (Phi) is 6.99. The standard InChI is InChI=1S/C29H21FN6O3S/c1-2-39-29(38)23-20-14-40-27-24(21(18(12-31)25(33)35-27)16-8-10-17(30)11-9-16)28(37)36(20)26(34)19(13-32)22(23)15-6-4-3-5-7-15/h3-11,22H,2,14,34H2,1H3,(H2,33,35). The molecule has 5 rings (SSSR count). The monoisotopic (exact) mass is 552 g/mol. The van der Waals surface area contributed by atoms with Gasteiger partial charge in [-0.05, 0) is 30.2 Å². The van der Waals surface area contributed by atoms with Gasteiger partial charge in [0.15, 0.2) is 0 Å². The Morgan fingerprint density at radius 2 is 1.82 bits per heavy atom. The molecule has 0 saturated heterocycles. The van der Waals surface area contributed by atoms with Crippen molar-refractivity contribution in [3.05, 3.63) is 99.8 Å². The first-order valence-electron chi connectivity index (χ1n) is 12.1. The van der Waals surface area contributed by atoms with Crippen LogP contribution >= 0.6 is 11.8 Å². The van der Waals surface area contributed by atoms with E-state index in [1.165, 1.54) is 24.3 Å².